The highest BCUT2D eigenvalue weighted by Crippen LogP contribution is 2.24. The second kappa shape index (κ2) is 6.40. The number of hydrogen-bond acceptors (Lipinski definition) is 2. The molecule has 1 aliphatic heterocycles. The fourth-order valence-corrected chi connectivity index (χ4v) is 2.51. The standard InChI is InChI=1S/C15H21ClN2O/c1-11(2)15(12-6-8-13(16)9-7-12)17-18-10-4-3-5-14(18)19/h6-9,11,15,17H,3-5,10H2,1-2H3. The molecule has 0 radical (unpaired) electrons. The van der Waals surface area contributed by atoms with E-state index < -0.39 is 0 Å². The van der Waals surface area contributed by atoms with E-state index in [9.17, 15) is 4.79 Å². The predicted molar refractivity (Wildman–Crippen MR) is 77.7 cm³/mol. The molecule has 1 aromatic carbocycles. The maximum atomic E-state index is 11.9. The van der Waals surface area contributed by atoms with Crippen molar-refractivity contribution in [2.45, 2.75) is 39.2 Å². The summed E-state index contributed by atoms with van der Waals surface area (Å²) in [4.78, 5) is 11.9. The topological polar surface area (TPSA) is 32.3 Å². The van der Waals surface area contributed by atoms with Gasteiger partial charge >= 0.3 is 0 Å². The highest BCUT2D eigenvalue weighted by Gasteiger charge is 2.23. The fourth-order valence-electron chi connectivity index (χ4n) is 2.39. The van der Waals surface area contributed by atoms with Crippen molar-refractivity contribution in [1.29, 1.82) is 0 Å². The minimum Gasteiger partial charge on any atom is -0.277 e. The van der Waals surface area contributed by atoms with Gasteiger partial charge in [0.05, 0.1) is 6.04 Å². The van der Waals surface area contributed by atoms with E-state index in [0.29, 0.717) is 12.3 Å². The lowest BCUT2D eigenvalue weighted by Gasteiger charge is -2.33. The van der Waals surface area contributed by atoms with Gasteiger partial charge in [-0.1, -0.05) is 37.6 Å². The van der Waals surface area contributed by atoms with E-state index >= 15 is 0 Å². The zero-order valence-corrected chi connectivity index (χ0v) is 12.3. The monoisotopic (exact) mass is 280 g/mol. The van der Waals surface area contributed by atoms with Crippen molar-refractivity contribution in [2.24, 2.45) is 5.92 Å². The first-order valence-corrected chi connectivity index (χ1v) is 7.27. The summed E-state index contributed by atoms with van der Waals surface area (Å²) in [5.74, 6) is 0.599. The third-order valence-electron chi connectivity index (χ3n) is 3.51. The van der Waals surface area contributed by atoms with Crippen molar-refractivity contribution in [3.05, 3.63) is 34.9 Å². The van der Waals surface area contributed by atoms with Gasteiger partial charge in [0.1, 0.15) is 0 Å². The molecule has 0 saturated carbocycles. The van der Waals surface area contributed by atoms with Crippen LogP contribution in [-0.4, -0.2) is 17.5 Å². The van der Waals surface area contributed by atoms with Gasteiger partial charge in [0.25, 0.3) is 0 Å². The molecule has 1 aromatic rings. The third kappa shape index (κ3) is 3.71. The molecule has 1 atom stereocenters. The average molecular weight is 281 g/mol. The Morgan fingerprint density at radius 3 is 2.47 bits per heavy atom. The summed E-state index contributed by atoms with van der Waals surface area (Å²) in [5, 5.41) is 2.52. The Morgan fingerprint density at radius 1 is 1.21 bits per heavy atom. The first kappa shape index (κ1) is 14.4. The number of nitrogens with zero attached hydrogens (tertiary/aromatic N) is 1. The molecule has 0 aliphatic carbocycles. The number of benzene rings is 1. The summed E-state index contributed by atoms with van der Waals surface area (Å²) in [7, 11) is 0. The third-order valence-corrected chi connectivity index (χ3v) is 3.77. The molecule has 19 heavy (non-hydrogen) atoms. The molecular formula is C15H21ClN2O. The minimum atomic E-state index is 0.138. The largest absolute Gasteiger partial charge is 0.277 e. The number of hydrogen-bond donors (Lipinski definition) is 1. The van der Waals surface area contributed by atoms with Gasteiger partial charge in [0.2, 0.25) is 5.91 Å². The van der Waals surface area contributed by atoms with E-state index in [0.717, 1.165) is 30.0 Å². The van der Waals surface area contributed by atoms with E-state index in [1.54, 1.807) is 5.01 Å². The maximum absolute atomic E-state index is 11.9. The smallest absolute Gasteiger partial charge is 0.236 e. The lowest BCUT2D eigenvalue weighted by atomic mass is 9.96. The second-order valence-electron chi connectivity index (χ2n) is 5.40. The predicted octanol–water partition coefficient (Wildman–Crippen LogP) is 3.55. The fraction of sp³-hybridized carbons (Fsp3) is 0.533. The summed E-state index contributed by atoms with van der Waals surface area (Å²) < 4.78 is 0. The van der Waals surface area contributed by atoms with Gasteiger partial charge in [0, 0.05) is 18.0 Å². The Bertz CT molecular complexity index is 430. The zero-order valence-electron chi connectivity index (χ0n) is 11.5. The normalized spacial score (nSPS) is 17.9. The summed E-state index contributed by atoms with van der Waals surface area (Å²) in [6.07, 6.45) is 2.73. The first-order chi connectivity index (χ1) is 9.08. The van der Waals surface area contributed by atoms with E-state index in [4.69, 9.17) is 11.6 Å². The second-order valence-corrected chi connectivity index (χ2v) is 5.84. The summed E-state index contributed by atoms with van der Waals surface area (Å²) in [6.45, 7) is 5.11. The number of carbonyl (C=O) groups excluding carboxylic acids is 1. The lowest BCUT2D eigenvalue weighted by molar-refractivity contribution is -0.138. The van der Waals surface area contributed by atoms with Gasteiger partial charge in [-0.05, 0) is 36.5 Å². The van der Waals surface area contributed by atoms with Crippen LogP contribution in [0.5, 0.6) is 0 Å². The maximum Gasteiger partial charge on any atom is 0.236 e. The van der Waals surface area contributed by atoms with Crippen LogP contribution in [0.15, 0.2) is 24.3 Å². The molecule has 1 N–H and O–H groups in total. The van der Waals surface area contributed by atoms with Gasteiger partial charge in [-0.2, -0.15) is 0 Å². The van der Waals surface area contributed by atoms with Crippen LogP contribution in [0.1, 0.15) is 44.7 Å². The van der Waals surface area contributed by atoms with E-state index in [1.807, 2.05) is 24.3 Å². The van der Waals surface area contributed by atoms with E-state index in [-0.39, 0.29) is 11.9 Å². The number of carbonyl (C=O) groups is 1. The molecule has 1 heterocycles. The van der Waals surface area contributed by atoms with Gasteiger partial charge in [-0.15, -0.1) is 0 Å². The van der Waals surface area contributed by atoms with Crippen LogP contribution < -0.4 is 5.43 Å². The molecule has 1 saturated heterocycles. The number of piperidine rings is 1. The Kier molecular flexibility index (Phi) is 4.83. The SMILES string of the molecule is CC(C)C(NN1CCCCC1=O)c1ccc(Cl)cc1. The molecule has 0 bridgehead atoms. The summed E-state index contributed by atoms with van der Waals surface area (Å²) >= 11 is 5.93. The number of hydrazine groups is 1. The van der Waals surface area contributed by atoms with Crippen LogP contribution in [0, 0.1) is 5.92 Å². The lowest BCUT2D eigenvalue weighted by Crippen LogP contribution is -2.48. The highest BCUT2D eigenvalue weighted by molar-refractivity contribution is 6.30. The molecule has 104 valence electrons. The Labute approximate surface area is 119 Å². The zero-order chi connectivity index (χ0) is 13.8. The van der Waals surface area contributed by atoms with Crippen LogP contribution in [-0.2, 0) is 4.79 Å². The summed E-state index contributed by atoms with van der Waals surface area (Å²) in [5.41, 5.74) is 4.55. The van der Waals surface area contributed by atoms with Crippen molar-refractivity contribution in [1.82, 2.24) is 10.4 Å². The molecule has 1 amide bonds. The van der Waals surface area contributed by atoms with Crippen molar-refractivity contribution in [2.75, 3.05) is 6.54 Å². The van der Waals surface area contributed by atoms with Crippen LogP contribution in [0.25, 0.3) is 0 Å². The van der Waals surface area contributed by atoms with Gasteiger partial charge in [-0.25, -0.2) is 5.43 Å². The van der Waals surface area contributed by atoms with Crippen molar-refractivity contribution < 1.29 is 4.79 Å². The Hall–Kier alpha value is -1.06. The molecule has 1 fully saturated rings. The molecule has 0 spiro atoms. The number of amides is 1. The number of halogens is 1. The number of nitrogens with one attached hydrogen (secondary N) is 1. The minimum absolute atomic E-state index is 0.138. The number of rotatable bonds is 4. The van der Waals surface area contributed by atoms with Crippen LogP contribution in [0.2, 0.25) is 5.02 Å². The Balaban J connectivity index is 2.11. The van der Waals surface area contributed by atoms with Crippen molar-refractivity contribution in [3.63, 3.8) is 0 Å². The Morgan fingerprint density at radius 2 is 1.89 bits per heavy atom. The van der Waals surface area contributed by atoms with E-state index in [2.05, 4.69) is 19.3 Å². The molecule has 0 aromatic heterocycles. The first-order valence-electron chi connectivity index (χ1n) is 6.90. The molecular weight excluding hydrogens is 260 g/mol. The molecule has 2 rings (SSSR count). The summed E-state index contributed by atoms with van der Waals surface area (Å²) in [6, 6.07) is 7.97. The molecule has 3 nitrogen and oxygen atoms in total. The van der Waals surface area contributed by atoms with Crippen LogP contribution >= 0.6 is 11.6 Å². The van der Waals surface area contributed by atoms with Crippen molar-refractivity contribution >= 4 is 17.5 Å². The molecule has 4 heteroatoms. The highest BCUT2D eigenvalue weighted by atomic mass is 35.5. The van der Waals surface area contributed by atoms with Gasteiger partial charge < -0.3 is 0 Å². The van der Waals surface area contributed by atoms with E-state index in [1.165, 1.54) is 0 Å². The molecule has 1 unspecified atom stereocenters. The van der Waals surface area contributed by atoms with Crippen LogP contribution in [0.4, 0.5) is 0 Å². The molecule has 1 aliphatic rings. The van der Waals surface area contributed by atoms with Crippen LogP contribution in [0.3, 0.4) is 0 Å². The van der Waals surface area contributed by atoms with Crippen molar-refractivity contribution in [3.8, 4) is 0 Å². The average Bonchev–Trinajstić information content (AvgIpc) is 2.39. The quantitative estimate of drug-likeness (QED) is 0.915. The van der Waals surface area contributed by atoms with Gasteiger partial charge in [-0.3, -0.25) is 9.80 Å². The van der Waals surface area contributed by atoms with Gasteiger partial charge in [0.15, 0.2) is 0 Å².